The van der Waals surface area contributed by atoms with Crippen LogP contribution in [0.5, 0.6) is 0 Å². The number of rotatable bonds is 14. The van der Waals surface area contributed by atoms with Crippen LogP contribution in [0.3, 0.4) is 0 Å². The number of ketones is 1. The van der Waals surface area contributed by atoms with E-state index in [2.05, 4.69) is 16.0 Å². The van der Waals surface area contributed by atoms with E-state index in [0.29, 0.717) is 17.8 Å². The smallest absolute Gasteiger partial charge is 0.475 e. The second-order valence-corrected chi connectivity index (χ2v) is 9.81. The van der Waals surface area contributed by atoms with Gasteiger partial charge in [-0.3, -0.25) is 24.0 Å². The quantitative estimate of drug-likeness (QED) is 0.128. The lowest BCUT2D eigenvalue weighted by molar-refractivity contribution is -0.192. The molecule has 0 bridgehead atoms. The molecule has 17 heteroatoms. The summed E-state index contributed by atoms with van der Waals surface area (Å²) in [6.45, 7) is 3.97. The average Bonchev–Trinajstić information content (AvgIpc) is 3.26. The molecule has 1 aromatic rings. The van der Waals surface area contributed by atoms with Crippen molar-refractivity contribution in [2.24, 2.45) is 23.3 Å². The Labute approximate surface area is 250 Å². The van der Waals surface area contributed by atoms with Crippen molar-refractivity contribution >= 4 is 52.8 Å². The van der Waals surface area contributed by atoms with E-state index in [4.69, 9.17) is 21.4 Å². The minimum atomic E-state index is -5.08. The first-order chi connectivity index (χ1) is 20.5. The standard InChI is InChI=1S/C25H34N6O6.C2HF3O2/c1-15(2)23(30-20(33)11-12-26)19(32)14-16(4-3-13-28-25(27)37)24(36)29-17-5-7-18(8-6-17)31-21(34)9-10-22(31)35;3-2(4,5)1(6)7/h5-10,15-16,23H,3-4,11-14,26H2,1-2H3,(H,29,36)(H,30,33)(H3,27,28,37);(H,6,7)/t16-,23+;/m1./s1. The molecule has 6 amide bonds. The third kappa shape index (κ3) is 12.6. The number of nitrogens with one attached hydrogen (secondary N) is 3. The second kappa shape index (κ2) is 17.3. The molecule has 0 radical (unpaired) electrons. The average molecular weight is 629 g/mol. The number of carbonyl (C=O) groups is 7. The number of primary amides is 1. The van der Waals surface area contributed by atoms with Crippen LogP contribution in [0.2, 0.25) is 0 Å². The third-order valence-corrected chi connectivity index (χ3v) is 5.99. The van der Waals surface area contributed by atoms with E-state index >= 15 is 0 Å². The Hall–Kier alpha value is -4.80. The number of nitrogens with two attached hydrogens (primary N) is 2. The first-order valence-electron chi connectivity index (χ1n) is 13.3. The molecule has 44 heavy (non-hydrogen) atoms. The first-order valence-corrected chi connectivity index (χ1v) is 13.3. The van der Waals surface area contributed by atoms with E-state index in [-0.39, 0.29) is 50.0 Å². The number of carbonyl (C=O) groups excluding carboxylic acids is 6. The molecule has 0 spiro atoms. The molecule has 242 valence electrons. The van der Waals surface area contributed by atoms with Crippen molar-refractivity contribution in [1.29, 1.82) is 0 Å². The molecule has 0 unspecified atom stereocenters. The molecule has 0 aromatic heterocycles. The number of anilines is 2. The van der Waals surface area contributed by atoms with Crippen LogP contribution in [-0.2, 0) is 28.8 Å². The summed E-state index contributed by atoms with van der Waals surface area (Å²) >= 11 is 0. The van der Waals surface area contributed by atoms with Crippen LogP contribution in [0.1, 0.15) is 39.5 Å². The Bertz CT molecular complexity index is 1230. The lowest BCUT2D eigenvalue weighted by Crippen LogP contribution is -2.46. The topological polar surface area (TPSA) is 231 Å². The predicted molar refractivity (Wildman–Crippen MR) is 151 cm³/mol. The molecule has 1 heterocycles. The number of imide groups is 1. The summed E-state index contributed by atoms with van der Waals surface area (Å²) in [6.07, 6.45) is -2.11. The van der Waals surface area contributed by atoms with Crippen molar-refractivity contribution in [1.82, 2.24) is 10.6 Å². The Morgan fingerprint density at radius 3 is 2.00 bits per heavy atom. The largest absolute Gasteiger partial charge is 0.490 e. The highest BCUT2D eigenvalue weighted by Gasteiger charge is 2.38. The molecule has 0 fully saturated rings. The fourth-order valence-corrected chi connectivity index (χ4v) is 3.84. The Morgan fingerprint density at radius 1 is 1.00 bits per heavy atom. The van der Waals surface area contributed by atoms with Gasteiger partial charge in [0, 0.05) is 49.7 Å². The minimum absolute atomic E-state index is 0.0832. The monoisotopic (exact) mass is 628 g/mol. The number of hydrogen-bond donors (Lipinski definition) is 6. The summed E-state index contributed by atoms with van der Waals surface area (Å²) in [5.41, 5.74) is 11.3. The van der Waals surface area contributed by atoms with E-state index in [1.165, 1.54) is 24.3 Å². The number of hydrogen-bond acceptors (Lipinski definition) is 8. The van der Waals surface area contributed by atoms with Gasteiger partial charge in [0.05, 0.1) is 11.7 Å². The molecule has 1 aliphatic heterocycles. The number of urea groups is 1. The fourth-order valence-electron chi connectivity index (χ4n) is 3.84. The second-order valence-electron chi connectivity index (χ2n) is 9.81. The maximum atomic E-state index is 13.1. The van der Waals surface area contributed by atoms with Crippen molar-refractivity contribution in [3.05, 3.63) is 36.4 Å². The Kier molecular flexibility index (Phi) is 14.7. The summed E-state index contributed by atoms with van der Waals surface area (Å²) in [4.78, 5) is 82.8. The number of halogens is 3. The summed E-state index contributed by atoms with van der Waals surface area (Å²) in [5.74, 6) is -5.68. The number of carboxylic acid groups (broad SMARTS) is 1. The van der Waals surface area contributed by atoms with Crippen LogP contribution in [0.4, 0.5) is 29.3 Å². The fraction of sp³-hybridized carbons (Fsp3) is 0.444. The lowest BCUT2D eigenvalue weighted by Gasteiger charge is -2.24. The van der Waals surface area contributed by atoms with Crippen LogP contribution in [0.15, 0.2) is 36.4 Å². The predicted octanol–water partition coefficient (Wildman–Crippen LogP) is 1.20. The van der Waals surface area contributed by atoms with Crippen LogP contribution < -0.4 is 32.3 Å². The summed E-state index contributed by atoms with van der Waals surface area (Å²) < 4.78 is 31.7. The first kappa shape index (κ1) is 37.2. The minimum Gasteiger partial charge on any atom is -0.475 e. The van der Waals surface area contributed by atoms with Crippen LogP contribution in [-0.4, -0.2) is 71.8 Å². The van der Waals surface area contributed by atoms with Gasteiger partial charge in [0.15, 0.2) is 5.78 Å². The maximum absolute atomic E-state index is 13.1. The Morgan fingerprint density at radius 2 is 1.55 bits per heavy atom. The van der Waals surface area contributed by atoms with Crippen molar-refractivity contribution in [3.8, 4) is 0 Å². The number of nitrogens with zero attached hydrogens (tertiary/aromatic N) is 1. The number of carboxylic acids is 1. The molecular formula is C27H35F3N6O8. The normalized spacial score (nSPS) is 13.9. The molecule has 0 saturated heterocycles. The number of benzene rings is 1. The molecule has 1 aromatic carbocycles. The van der Waals surface area contributed by atoms with Gasteiger partial charge in [-0.2, -0.15) is 13.2 Å². The van der Waals surface area contributed by atoms with Crippen molar-refractivity contribution in [2.75, 3.05) is 23.3 Å². The van der Waals surface area contributed by atoms with Crippen molar-refractivity contribution < 1.29 is 51.8 Å². The zero-order valence-electron chi connectivity index (χ0n) is 24.0. The number of amides is 6. The third-order valence-electron chi connectivity index (χ3n) is 5.99. The van der Waals surface area contributed by atoms with Crippen molar-refractivity contribution in [3.63, 3.8) is 0 Å². The number of aliphatic carboxylic acids is 1. The van der Waals surface area contributed by atoms with Crippen LogP contribution in [0.25, 0.3) is 0 Å². The zero-order valence-corrected chi connectivity index (χ0v) is 24.0. The van der Waals surface area contributed by atoms with Gasteiger partial charge < -0.3 is 32.5 Å². The lowest BCUT2D eigenvalue weighted by atomic mass is 9.89. The SMILES string of the molecule is CC(C)[C@H](NC(=O)CCN)C(=O)C[C@@H](CCCNC(N)=O)C(=O)Nc1ccc(N2C(=O)C=CC2=O)cc1.O=C(O)C(F)(F)F. The highest BCUT2D eigenvalue weighted by atomic mass is 19.4. The summed E-state index contributed by atoms with van der Waals surface area (Å²) in [7, 11) is 0. The van der Waals surface area contributed by atoms with E-state index < -0.39 is 47.9 Å². The summed E-state index contributed by atoms with van der Waals surface area (Å²) in [6, 6.07) is 4.67. The van der Waals surface area contributed by atoms with Gasteiger partial charge in [-0.25, -0.2) is 14.5 Å². The van der Waals surface area contributed by atoms with Gasteiger partial charge in [-0.15, -0.1) is 0 Å². The van der Waals surface area contributed by atoms with E-state index in [9.17, 15) is 41.9 Å². The van der Waals surface area contributed by atoms with E-state index in [1.54, 1.807) is 26.0 Å². The van der Waals surface area contributed by atoms with Crippen LogP contribution in [0, 0.1) is 11.8 Å². The Balaban J connectivity index is 0.00000123. The molecule has 0 aliphatic carbocycles. The molecule has 8 N–H and O–H groups in total. The van der Waals surface area contributed by atoms with Crippen molar-refractivity contribution in [2.45, 2.75) is 51.7 Å². The molecular weight excluding hydrogens is 593 g/mol. The molecule has 1 aliphatic rings. The van der Waals surface area contributed by atoms with Gasteiger partial charge in [0.2, 0.25) is 11.8 Å². The van der Waals surface area contributed by atoms with E-state index in [0.717, 1.165) is 4.90 Å². The van der Waals surface area contributed by atoms with Crippen LogP contribution >= 0.6 is 0 Å². The highest BCUT2D eigenvalue weighted by Crippen LogP contribution is 2.23. The van der Waals surface area contributed by atoms with Gasteiger partial charge in [0.1, 0.15) is 0 Å². The van der Waals surface area contributed by atoms with Gasteiger partial charge >= 0.3 is 18.2 Å². The number of Topliss-reactive ketones (excluding diaryl/α,β-unsaturated/α-hetero) is 1. The summed E-state index contributed by atoms with van der Waals surface area (Å²) in [5, 5.41) is 15.0. The maximum Gasteiger partial charge on any atom is 0.490 e. The van der Waals surface area contributed by atoms with Gasteiger partial charge in [-0.1, -0.05) is 13.8 Å². The van der Waals surface area contributed by atoms with Gasteiger partial charge in [-0.05, 0) is 43.0 Å². The van der Waals surface area contributed by atoms with Gasteiger partial charge in [0.25, 0.3) is 11.8 Å². The molecule has 2 rings (SSSR count). The zero-order chi connectivity index (χ0) is 33.6. The molecule has 14 nitrogen and oxygen atoms in total. The highest BCUT2D eigenvalue weighted by molar-refractivity contribution is 6.28. The molecule has 2 atom stereocenters. The molecule has 0 saturated carbocycles. The van der Waals surface area contributed by atoms with E-state index in [1.807, 2.05) is 0 Å². The number of alkyl halides is 3.